The highest BCUT2D eigenvalue weighted by molar-refractivity contribution is 7.56. The predicted molar refractivity (Wildman–Crippen MR) is 51.0 cm³/mol. The van der Waals surface area contributed by atoms with Gasteiger partial charge in [-0.3, -0.25) is 0 Å². The number of nitrogens with two attached hydrogens (primary N) is 1. The molecule has 0 bridgehead atoms. The summed E-state index contributed by atoms with van der Waals surface area (Å²) in [6, 6.07) is 2.19. The second-order valence-corrected chi connectivity index (χ2v) is 5.54. The van der Waals surface area contributed by atoms with Gasteiger partial charge in [-0.25, -0.2) is 0 Å². The van der Waals surface area contributed by atoms with E-state index < -0.39 is 0 Å². The van der Waals surface area contributed by atoms with Crippen molar-refractivity contribution in [2.24, 2.45) is 11.7 Å². The summed E-state index contributed by atoms with van der Waals surface area (Å²) in [4.78, 5) is 0. The van der Waals surface area contributed by atoms with E-state index in [9.17, 15) is 0 Å². The van der Waals surface area contributed by atoms with E-state index in [1.807, 2.05) is 0 Å². The van der Waals surface area contributed by atoms with Crippen LogP contribution < -0.4 is 5.73 Å². The zero-order chi connectivity index (χ0) is 8.69. The van der Waals surface area contributed by atoms with Crippen LogP contribution in [0.4, 0.5) is 0 Å². The Balaban J connectivity index is 3.41. The van der Waals surface area contributed by atoms with E-state index >= 15 is 0 Å². The average Bonchev–Trinajstić information content (AvgIpc) is 1.87. The fourth-order valence-electron chi connectivity index (χ4n) is 1.06. The van der Waals surface area contributed by atoms with Crippen LogP contribution in [0.2, 0.25) is 0 Å². The molecule has 64 valence electrons. The third-order valence-electron chi connectivity index (χ3n) is 1.57. The largest absolute Gasteiger partial charge is 0.330 e. The van der Waals surface area contributed by atoms with Gasteiger partial charge in [0.05, 0.1) is 6.07 Å². The normalized spacial score (nSPS) is 15.5. The molecule has 0 aliphatic heterocycles. The van der Waals surface area contributed by atoms with Crippen LogP contribution in [0.1, 0.15) is 13.3 Å². The Morgan fingerprint density at radius 2 is 2.27 bits per heavy atom. The van der Waals surface area contributed by atoms with Crippen molar-refractivity contribution in [1.29, 1.82) is 5.26 Å². The maximum atomic E-state index is 8.41. The predicted octanol–water partition coefficient (Wildman–Crippen LogP) is 1.61. The van der Waals surface area contributed by atoms with Gasteiger partial charge in [-0.2, -0.15) is 5.26 Å². The third-order valence-corrected chi connectivity index (χ3v) is 3.84. The highest BCUT2D eigenvalue weighted by atomic mass is 31.1. The van der Waals surface area contributed by atoms with E-state index in [0.29, 0.717) is 12.3 Å². The summed E-state index contributed by atoms with van der Waals surface area (Å²) in [5.41, 5.74) is 5.43. The lowest BCUT2D eigenvalue weighted by Gasteiger charge is -2.14. The Bertz CT molecular complexity index is 131. The summed E-state index contributed by atoms with van der Waals surface area (Å²) in [7, 11) is 0.0923. The SMILES string of the molecule is CC(CC#N)CP(C)CCN. The molecule has 0 aromatic heterocycles. The van der Waals surface area contributed by atoms with Gasteiger partial charge < -0.3 is 5.73 Å². The Labute approximate surface area is 70.5 Å². The van der Waals surface area contributed by atoms with Gasteiger partial charge in [-0.15, -0.1) is 7.92 Å². The Hall–Kier alpha value is -0.120. The van der Waals surface area contributed by atoms with E-state index in [1.165, 1.54) is 6.16 Å². The van der Waals surface area contributed by atoms with Gasteiger partial charge in [0, 0.05) is 6.42 Å². The Morgan fingerprint density at radius 3 is 2.73 bits per heavy atom. The molecule has 0 heterocycles. The second-order valence-electron chi connectivity index (χ2n) is 3.02. The van der Waals surface area contributed by atoms with Crippen molar-refractivity contribution in [2.75, 3.05) is 25.5 Å². The van der Waals surface area contributed by atoms with Crippen LogP contribution in [0.5, 0.6) is 0 Å². The Kier molecular flexibility index (Phi) is 6.51. The molecule has 0 aromatic carbocycles. The first-order valence-corrected chi connectivity index (χ1v) is 6.12. The summed E-state index contributed by atoms with van der Waals surface area (Å²) in [6.07, 6.45) is 3.03. The molecule has 0 aliphatic carbocycles. The molecule has 2 unspecified atom stereocenters. The standard InChI is InChI=1S/C8H17N2P/c1-8(3-4-9)7-11(2)6-5-10/h8H,3,5-7,10H2,1-2H3. The van der Waals surface area contributed by atoms with Crippen molar-refractivity contribution in [3.63, 3.8) is 0 Å². The van der Waals surface area contributed by atoms with E-state index in [-0.39, 0.29) is 7.92 Å². The number of nitrogens with zero attached hydrogens (tertiary/aromatic N) is 1. The molecule has 0 saturated carbocycles. The molecule has 0 fully saturated rings. The van der Waals surface area contributed by atoms with Crippen molar-refractivity contribution in [1.82, 2.24) is 0 Å². The topological polar surface area (TPSA) is 49.8 Å². The van der Waals surface area contributed by atoms with Crippen molar-refractivity contribution in [3.8, 4) is 6.07 Å². The molecular weight excluding hydrogens is 155 g/mol. The van der Waals surface area contributed by atoms with E-state index in [2.05, 4.69) is 19.7 Å². The van der Waals surface area contributed by atoms with Crippen LogP contribution in [0.3, 0.4) is 0 Å². The number of nitriles is 1. The summed E-state index contributed by atoms with van der Waals surface area (Å²) >= 11 is 0. The molecule has 2 N–H and O–H groups in total. The van der Waals surface area contributed by atoms with Crippen LogP contribution in [-0.2, 0) is 0 Å². The first-order chi connectivity index (χ1) is 5.20. The van der Waals surface area contributed by atoms with Gasteiger partial charge in [0.15, 0.2) is 0 Å². The zero-order valence-corrected chi connectivity index (χ0v) is 8.27. The van der Waals surface area contributed by atoms with Crippen LogP contribution in [0.25, 0.3) is 0 Å². The minimum Gasteiger partial charge on any atom is -0.330 e. The quantitative estimate of drug-likeness (QED) is 0.640. The summed E-state index contributed by atoms with van der Waals surface area (Å²) in [5, 5.41) is 8.41. The maximum Gasteiger partial charge on any atom is 0.0624 e. The van der Waals surface area contributed by atoms with Crippen molar-refractivity contribution in [3.05, 3.63) is 0 Å². The van der Waals surface area contributed by atoms with Gasteiger partial charge in [-0.05, 0) is 31.5 Å². The lowest BCUT2D eigenvalue weighted by molar-refractivity contribution is 0.678. The van der Waals surface area contributed by atoms with Gasteiger partial charge >= 0.3 is 0 Å². The molecule has 0 spiro atoms. The Morgan fingerprint density at radius 1 is 1.64 bits per heavy atom. The molecule has 3 heteroatoms. The number of rotatable bonds is 5. The molecular formula is C8H17N2P. The lowest BCUT2D eigenvalue weighted by Crippen LogP contribution is -2.07. The summed E-state index contributed by atoms with van der Waals surface area (Å²) in [6.45, 7) is 5.19. The van der Waals surface area contributed by atoms with E-state index in [4.69, 9.17) is 11.0 Å². The van der Waals surface area contributed by atoms with Crippen molar-refractivity contribution >= 4 is 7.92 Å². The van der Waals surface area contributed by atoms with Crippen LogP contribution >= 0.6 is 7.92 Å². The lowest BCUT2D eigenvalue weighted by atomic mass is 10.2. The fourth-order valence-corrected chi connectivity index (χ4v) is 2.88. The minimum atomic E-state index is 0.0923. The molecule has 2 nitrogen and oxygen atoms in total. The van der Waals surface area contributed by atoms with Crippen LogP contribution in [0, 0.1) is 17.2 Å². The smallest absolute Gasteiger partial charge is 0.0624 e. The molecule has 0 saturated heterocycles. The van der Waals surface area contributed by atoms with Crippen LogP contribution in [0.15, 0.2) is 0 Å². The van der Waals surface area contributed by atoms with E-state index in [1.54, 1.807) is 0 Å². The second kappa shape index (κ2) is 6.58. The molecule has 0 amide bonds. The highest BCUT2D eigenvalue weighted by Gasteiger charge is 2.06. The average molecular weight is 172 g/mol. The summed E-state index contributed by atoms with van der Waals surface area (Å²) < 4.78 is 0. The van der Waals surface area contributed by atoms with Gasteiger partial charge in [0.25, 0.3) is 0 Å². The molecule has 0 aliphatic rings. The molecule has 0 radical (unpaired) electrons. The first-order valence-electron chi connectivity index (χ1n) is 3.96. The molecule has 11 heavy (non-hydrogen) atoms. The van der Waals surface area contributed by atoms with E-state index in [0.717, 1.165) is 12.7 Å². The highest BCUT2D eigenvalue weighted by Crippen LogP contribution is 2.32. The maximum absolute atomic E-state index is 8.41. The molecule has 0 rings (SSSR count). The van der Waals surface area contributed by atoms with Gasteiger partial charge in [-0.1, -0.05) is 6.92 Å². The molecule has 0 aromatic rings. The fraction of sp³-hybridized carbons (Fsp3) is 0.875. The van der Waals surface area contributed by atoms with Crippen molar-refractivity contribution in [2.45, 2.75) is 13.3 Å². The van der Waals surface area contributed by atoms with Gasteiger partial charge in [0.2, 0.25) is 0 Å². The van der Waals surface area contributed by atoms with Crippen LogP contribution in [-0.4, -0.2) is 25.5 Å². The number of hydrogen-bond acceptors (Lipinski definition) is 2. The van der Waals surface area contributed by atoms with Gasteiger partial charge in [0.1, 0.15) is 0 Å². The third kappa shape index (κ3) is 6.28. The monoisotopic (exact) mass is 172 g/mol. The zero-order valence-electron chi connectivity index (χ0n) is 7.38. The molecule has 2 atom stereocenters. The summed E-state index contributed by atoms with van der Waals surface area (Å²) in [5.74, 6) is 0.558. The number of hydrogen-bond donors (Lipinski definition) is 1. The van der Waals surface area contributed by atoms with Crippen molar-refractivity contribution < 1.29 is 0 Å². The minimum absolute atomic E-state index is 0.0923. The first kappa shape index (κ1) is 10.9.